The van der Waals surface area contributed by atoms with Crippen LogP contribution in [0.25, 0.3) is 0 Å². The Morgan fingerprint density at radius 1 is 0.923 bits per heavy atom. The number of nitrogens with one attached hydrogen (secondary N) is 1. The third-order valence-electron chi connectivity index (χ3n) is 4.66. The van der Waals surface area contributed by atoms with Crippen molar-refractivity contribution in [3.8, 4) is 0 Å². The minimum absolute atomic E-state index is 0.0191. The minimum atomic E-state index is -3.53. The molecular weight excluding hydrogens is 348 g/mol. The van der Waals surface area contributed by atoms with Crippen molar-refractivity contribution in [3.05, 3.63) is 70.3 Å². The molecule has 3 rings (SSSR count). The summed E-state index contributed by atoms with van der Waals surface area (Å²) >= 11 is 0. The summed E-state index contributed by atoms with van der Waals surface area (Å²) in [5.74, 6) is -0.202. The number of amides is 1. The number of rotatable bonds is 6. The Bertz CT molecular complexity index is 890. The first-order chi connectivity index (χ1) is 12.4. The van der Waals surface area contributed by atoms with Crippen molar-refractivity contribution in [1.29, 1.82) is 0 Å². The maximum atomic E-state index is 12.2. The lowest BCUT2D eigenvalue weighted by Gasteiger charge is -2.16. The molecule has 1 aliphatic rings. The topological polar surface area (TPSA) is 89.3 Å². The van der Waals surface area contributed by atoms with Crippen LogP contribution in [0.3, 0.4) is 0 Å². The van der Waals surface area contributed by atoms with Gasteiger partial charge < -0.3 is 5.32 Å². The van der Waals surface area contributed by atoms with Gasteiger partial charge in [-0.25, -0.2) is 13.6 Å². The molecule has 0 heterocycles. The van der Waals surface area contributed by atoms with E-state index in [1.54, 1.807) is 24.3 Å². The highest BCUT2D eigenvalue weighted by Gasteiger charge is 2.11. The van der Waals surface area contributed by atoms with Crippen LogP contribution in [0.5, 0.6) is 0 Å². The summed E-state index contributed by atoms with van der Waals surface area (Å²) in [5.41, 5.74) is 5.40. The number of sulfonamides is 1. The van der Waals surface area contributed by atoms with Crippen molar-refractivity contribution >= 4 is 15.9 Å². The van der Waals surface area contributed by atoms with Gasteiger partial charge in [-0.2, -0.15) is 0 Å². The number of benzene rings is 2. The van der Waals surface area contributed by atoms with Gasteiger partial charge in [0.25, 0.3) is 0 Å². The molecule has 0 aliphatic heterocycles. The molecule has 1 aliphatic carbocycles. The lowest BCUT2D eigenvalue weighted by molar-refractivity contribution is -0.120. The smallest absolute Gasteiger partial charge is 0.224 e. The van der Waals surface area contributed by atoms with E-state index in [1.807, 2.05) is 6.07 Å². The first-order valence-corrected chi connectivity index (χ1v) is 10.6. The van der Waals surface area contributed by atoms with E-state index < -0.39 is 10.0 Å². The van der Waals surface area contributed by atoms with Crippen LogP contribution in [0.15, 0.2) is 42.5 Å². The van der Waals surface area contributed by atoms with Gasteiger partial charge in [0, 0.05) is 6.54 Å². The molecule has 6 heteroatoms. The highest BCUT2D eigenvalue weighted by molar-refractivity contribution is 7.88. The molecule has 138 valence electrons. The predicted molar refractivity (Wildman–Crippen MR) is 102 cm³/mol. The zero-order chi connectivity index (χ0) is 18.6. The molecule has 2 aromatic rings. The van der Waals surface area contributed by atoms with Gasteiger partial charge in [-0.05, 0) is 53.5 Å². The van der Waals surface area contributed by atoms with Crippen molar-refractivity contribution in [2.45, 2.75) is 44.4 Å². The summed E-state index contributed by atoms with van der Waals surface area (Å²) in [4.78, 5) is 12.2. The van der Waals surface area contributed by atoms with Crippen LogP contribution < -0.4 is 10.5 Å². The van der Waals surface area contributed by atoms with Crippen LogP contribution in [-0.2, 0) is 46.4 Å². The van der Waals surface area contributed by atoms with Gasteiger partial charge in [-0.1, -0.05) is 42.5 Å². The molecule has 0 saturated heterocycles. The summed E-state index contributed by atoms with van der Waals surface area (Å²) in [7, 11) is -3.53. The van der Waals surface area contributed by atoms with E-state index in [-0.39, 0.29) is 11.7 Å². The fraction of sp³-hybridized carbons (Fsp3) is 0.350. The first-order valence-electron chi connectivity index (χ1n) is 8.85. The van der Waals surface area contributed by atoms with Crippen LogP contribution >= 0.6 is 0 Å². The Morgan fingerprint density at radius 3 is 2.23 bits per heavy atom. The number of fused-ring (bicyclic) bond motifs is 1. The molecule has 0 radical (unpaired) electrons. The number of nitrogens with two attached hydrogens (primary N) is 1. The zero-order valence-corrected chi connectivity index (χ0v) is 15.5. The normalized spacial score (nSPS) is 13.9. The second-order valence-corrected chi connectivity index (χ2v) is 8.50. The van der Waals surface area contributed by atoms with Gasteiger partial charge in [0.1, 0.15) is 0 Å². The summed E-state index contributed by atoms with van der Waals surface area (Å²) in [6, 6.07) is 13.4. The molecule has 0 aromatic heterocycles. The van der Waals surface area contributed by atoms with Crippen molar-refractivity contribution < 1.29 is 13.2 Å². The molecule has 0 bridgehead atoms. The molecule has 0 atom stereocenters. The number of carbonyl (C=O) groups is 1. The van der Waals surface area contributed by atoms with Gasteiger partial charge in [0.05, 0.1) is 12.2 Å². The molecule has 0 fully saturated rings. The Labute approximate surface area is 154 Å². The zero-order valence-electron chi connectivity index (χ0n) is 14.7. The highest BCUT2D eigenvalue weighted by atomic mass is 32.2. The number of aryl methyl sites for hydroxylation is 2. The average molecular weight is 372 g/mol. The first kappa shape index (κ1) is 18.6. The van der Waals surface area contributed by atoms with E-state index in [2.05, 4.69) is 17.4 Å². The van der Waals surface area contributed by atoms with Gasteiger partial charge >= 0.3 is 0 Å². The molecule has 3 N–H and O–H groups in total. The molecule has 1 amide bonds. The fourth-order valence-electron chi connectivity index (χ4n) is 3.33. The van der Waals surface area contributed by atoms with Crippen molar-refractivity contribution in [2.24, 2.45) is 5.14 Å². The van der Waals surface area contributed by atoms with Crippen LogP contribution in [0.4, 0.5) is 0 Å². The SMILES string of the molecule is NS(=O)(=O)Cc1ccc(CNC(=O)Cc2ccc3c(c2)CCCC3)cc1. The standard InChI is InChI=1S/C20H24N2O3S/c21-26(24,25)14-16-7-5-15(6-8-16)13-22-20(23)12-17-9-10-18-3-1-2-4-19(18)11-17/h5-11H,1-4,12-14H2,(H,22,23)(H2,21,24,25). The maximum Gasteiger partial charge on any atom is 0.224 e. The molecule has 0 unspecified atom stereocenters. The number of hydrogen-bond donors (Lipinski definition) is 2. The Kier molecular flexibility index (Phi) is 5.74. The van der Waals surface area contributed by atoms with Crippen LogP contribution in [0.1, 0.15) is 40.7 Å². The molecule has 0 spiro atoms. The van der Waals surface area contributed by atoms with Crippen LogP contribution in [0, 0.1) is 0 Å². The van der Waals surface area contributed by atoms with E-state index in [1.165, 1.54) is 24.0 Å². The molecule has 2 aromatic carbocycles. The Balaban J connectivity index is 1.52. The van der Waals surface area contributed by atoms with Crippen molar-refractivity contribution in [1.82, 2.24) is 5.32 Å². The van der Waals surface area contributed by atoms with Gasteiger partial charge in [0.2, 0.25) is 15.9 Å². The third kappa shape index (κ3) is 5.41. The fourth-order valence-corrected chi connectivity index (χ4v) is 3.99. The monoisotopic (exact) mass is 372 g/mol. The summed E-state index contributed by atoms with van der Waals surface area (Å²) in [6.45, 7) is 0.416. The number of hydrogen-bond acceptors (Lipinski definition) is 3. The molecular formula is C20H24N2O3S. The second-order valence-electron chi connectivity index (χ2n) is 6.89. The summed E-state index contributed by atoms with van der Waals surface area (Å²) in [6.07, 6.45) is 5.10. The van der Waals surface area contributed by atoms with E-state index in [9.17, 15) is 13.2 Å². The quantitative estimate of drug-likeness (QED) is 0.815. The van der Waals surface area contributed by atoms with Crippen LogP contribution in [-0.4, -0.2) is 14.3 Å². The number of carbonyl (C=O) groups excluding carboxylic acids is 1. The van der Waals surface area contributed by atoms with E-state index >= 15 is 0 Å². The highest BCUT2D eigenvalue weighted by Crippen LogP contribution is 2.22. The largest absolute Gasteiger partial charge is 0.352 e. The Hall–Kier alpha value is -2.18. The van der Waals surface area contributed by atoms with Gasteiger partial charge in [0.15, 0.2) is 0 Å². The van der Waals surface area contributed by atoms with Crippen molar-refractivity contribution in [2.75, 3.05) is 0 Å². The Morgan fingerprint density at radius 2 is 1.54 bits per heavy atom. The molecule has 26 heavy (non-hydrogen) atoms. The third-order valence-corrected chi connectivity index (χ3v) is 5.39. The molecule has 0 saturated carbocycles. The van der Waals surface area contributed by atoms with Crippen molar-refractivity contribution in [3.63, 3.8) is 0 Å². The lowest BCUT2D eigenvalue weighted by Crippen LogP contribution is -2.24. The lowest BCUT2D eigenvalue weighted by atomic mass is 9.90. The maximum absolute atomic E-state index is 12.2. The van der Waals surface area contributed by atoms with E-state index in [0.717, 1.165) is 24.0 Å². The molecule has 5 nitrogen and oxygen atoms in total. The minimum Gasteiger partial charge on any atom is -0.352 e. The second kappa shape index (κ2) is 8.01. The van der Waals surface area contributed by atoms with Crippen LogP contribution in [0.2, 0.25) is 0 Å². The predicted octanol–water partition coefficient (Wildman–Crippen LogP) is 2.21. The summed E-state index contributed by atoms with van der Waals surface area (Å²) < 4.78 is 22.2. The average Bonchev–Trinajstić information content (AvgIpc) is 2.60. The van der Waals surface area contributed by atoms with E-state index in [4.69, 9.17) is 5.14 Å². The van der Waals surface area contributed by atoms with Gasteiger partial charge in [-0.3, -0.25) is 4.79 Å². The number of primary sulfonamides is 1. The summed E-state index contributed by atoms with van der Waals surface area (Å²) in [5, 5.41) is 7.95. The van der Waals surface area contributed by atoms with E-state index in [0.29, 0.717) is 18.5 Å². The van der Waals surface area contributed by atoms with Gasteiger partial charge in [-0.15, -0.1) is 0 Å².